The Morgan fingerprint density at radius 3 is 1.31 bits per heavy atom. The Labute approximate surface area is 211 Å². The molecule has 0 aliphatic carbocycles. The van der Waals surface area contributed by atoms with Crippen LogP contribution >= 0.6 is 0 Å². The molecule has 36 heavy (non-hydrogen) atoms. The minimum Gasteiger partial charge on any atom is -0.493 e. The van der Waals surface area contributed by atoms with Crippen molar-refractivity contribution >= 4 is 32.3 Å². The maximum absolute atomic E-state index is 6.12. The minimum atomic E-state index is 0.646. The molecule has 0 amide bonds. The van der Waals surface area contributed by atoms with E-state index in [0.717, 1.165) is 24.3 Å². The lowest BCUT2D eigenvalue weighted by Gasteiger charge is -2.13. The van der Waals surface area contributed by atoms with E-state index in [9.17, 15) is 0 Å². The zero-order valence-corrected chi connectivity index (χ0v) is 20.2. The summed E-state index contributed by atoms with van der Waals surface area (Å²) in [6.07, 6.45) is 1.72. The lowest BCUT2D eigenvalue weighted by atomic mass is 9.97. The molecular formula is C34H28O2. The van der Waals surface area contributed by atoms with Crippen molar-refractivity contribution in [3.05, 3.63) is 132 Å². The molecule has 0 aliphatic rings. The third-order valence-electron chi connectivity index (χ3n) is 6.82. The zero-order chi connectivity index (χ0) is 24.2. The molecule has 2 nitrogen and oxygen atoms in total. The van der Waals surface area contributed by atoms with E-state index in [1.807, 2.05) is 0 Å². The predicted octanol–water partition coefficient (Wildman–Crippen LogP) is 8.39. The first kappa shape index (κ1) is 22.2. The predicted molar refractivity (Wildman–Crippen MR) is 150 cm³/mol. The van der Waals surface area contributed by atoms with Crippen LogP contribution in [-0.2, 0) is 12.8 Å². The molecule has 0 heterocycles. The SMILES string of the molecule is c1ccc2cc(OCCc3cccc4c(CCOc5ccc6ccccc6c5)cccc34)ccc2c1. The Balaban J connectivity index is 1.12. The van der Waals surface area contributed by atoms with Crippen LogP contribution in [0.15, 0.2) is 121 Å². The van der Waals surface area contributed by atoms with Gasteiger partial charge in [-0.25, -0.2) is 0 Å². The average molecular weight is 469 g/mol. The summed E-state index contributed by atoms with van der Waals surface area (Å²) < 4.78 is 12.2. The van der Waals surface area contributed by atoms with Crippen molar-refractivity contribution in [2.75, 3.05) is 13.2 Å². The normalized spacial score (nSPS) is 11.2. The summed E-state index contributed by atoms with van der Waals surface area (Å²) >= 11 is 0. The molecule has 6 rings (SSSR count). The second-order valence-corrected chi connectivity index (χ2v) is 9.14. The second kappa shape index (κ2) is 10.1. The Kier molecular flexibility index (Phi) is 6.24. The maximum Gasteiger partial charge on any atom is 0.119 e. The van der Waals surface area contributed by atoms with Gasteiger partial charge in [-0.3, -0.25) is 0 Å². The highest BCUT2D eigenvalue weighted by Crippen LogP contribution is 2.26. The second-order valence-electron chi connectivity index (χ2n) is 9.14. The lowest BCUT2D eigenvalue weighted by Crippen LogP contribution is -2.04. The van der Waals surface area contributed by atoms with E-state index in [0.29, 0.717) is 13.2 Å². The van der Waals surface area contributed by atoms with Crippen LogP contribution < -0.4 is 9.47 Å². The minimum absolute atomic E-state index is 0.646. The Morgan fingerprint density at radius 2 is 0.833 bits per heavy atom. The van der Waals surface area contributed by atoms with Gasteiger partial charge in [0.2, 0.25) is 0 Å². The summed E-state index contributed by atoms with van der Waals surface area (Å²) in [6.45, 7) is 1.29. The van der Waals surface area contributed by atoms with Gasteiger partial charge in [-0.1, -0.05) is 97.1 Å². The highest BCUT2D eigenvalue weighted by atomic mass is 16.5. The van der Waals surface area contributed by atoms with Gasteiger partial charge in [0.25, 0.3) is 0 Å². The summed E-state index contributed by atoms with van der Waals surface area (Å²) in [5, 5.41) is 7.46. The fraction of sp³-hybridized carbons (Fsp3) is 0.118. The van der Waals surface area contributed by atoms with Crippen molar-refractivity contribution in [3.8, 4) is 11.5 Å². The van der Waals surface area contributed by atoms with Gasteiger partial charge in [-0.05, 0) is 67.7 Å². The van der Waals surface area contributed by atoms with Crippen LogP contribution in [0.2, 0.25) is 0 Å². The Hall–Kier alpha value is -4.30. The first-order valence-electron chi connectivity index (χ1n) is 12.6. The zero-order valence-electron chi connectivity index (χ0n) is 20.2. The maximum atomic E-state index is 6.12. The van der Waals surface area contributed by atoms with Crippen LogP contribution in [0.4, 0.5) is 0 Å². The third kappa shape index (κ3) is 4.76. The molecule has 6 aromatic carbocycles. The van der Waals surface area contributed by atoms with Crippen molar-refractivity contribution < 1.29 is 9.47 Å². The molecule has 0 saturated heterocycles. The van der Waals surface area contributed by atoms with Gasteiger partial charge in [-0.2, -0.15) is 0 Å². The number of hydrogen-bond acceptors (Lipinski definition) is 2. The van der Waals surface area contributed by atoms with E-state index >= 15 is 0 Å². The standard InChI is InChI=1S/C34H28O2/c1-3-9-29-23-31(17-15-25(29)7-1)35-21-19-27-11-5-14-34-28(12-6-13-33(27)34)20-22-36-32-18-16-26-8-2-4-10-30(26)24-32/h1-18,23-24H,19-22H2. The first-order valence-corrected chi connectivity index (χ1v) is 12.6. The molecule has 0 radical (unpaired) electrons. The van der Waals surface area contributed by atoms with E-state index in [1.165, 1.54) is 43.4 Å². The van der Waals surface area contributed by atoms with E-state index in [2.05, 4.69) is 121 Å². The van der Waals surface area contributed by atoms with Gasteiger partial charge < -0.3 is 9.47 Å². The van der Waals surface area contributed by atoms with E-state index < -0.39 is 0 Å². The largest absolute Gasteiger partial charge is 0.493 e. The molecule has 0 fully saturated rings. The van der Waals surface area contributed by atoms with Gasteiger partial charge in [0.15, 0.2) is 0 Å². The highest BCUT2D eigenvalue weighted by Gasteiger charge is 2.07. The molecule has 0 spiro atoms. The summed E-state index contributed by atoms with van der Waals surface area (Å²) in [5.74, 6) is 1.83. The van der Waals surface area contributed by atoms with Crippen LogP contribution in [0.3, 0.4) is 0 Å². The molecule has 0 bridgehead atoms. The van der Waals surface area contributed by atoms with Crippen molar-refractivity contribution in [2.45, 2.75) is 12.8 Å². The smallest absolute Gasteiger partial charge is 0.119 e. The quantitative estimate of drug-likeness (QED) is 0.223. The lowest BCUT2D eigenvalue weighted by molar-refractivity contribution is 0.322. The average Bonchev–Trinajstić information content (AvgIpc) is 2.93. The molecule has 0 unspecified atom stereocenters. The molecule has 0 atom stereocenters. The number of benzene rings is 6. The molecule has 0 aliphatic heterocycles. The fourth-order valence-corrected chi connectivity index (χ4v) is 4.95. The van der Waals surface area contributed by atoms with E-state index in [1.54, 1.807) is 0 Å². The monoisotopic (exact) mass is 468 g/mol. The van der Waals surface area contributed by atoms with Crippen LogP contribution in [0.1, 0.15) is 11.1 Å². The van der Waals surface area contributed by atoms with Crippen molar-refractivity contribution in [1.29, 1.82) is 0 Å². The number of ether oxygens (including phenoxy) is 2. The summed E-state index contributed by atoms with van der Waals surface area (Å²) in [4.78, 5) is 0. The van der Waals surface area contributed by atoms with Crippen molar-refractivity contribution in [1.82, 2.24) is 0 Å². The van der Waals surface area contributed by atoms with Crippen LogP contribution in [0, 0.1) is 0 Å². The molecule has 0 N–H and O–H groups in total. The number of rotatable bonds is 8. The summed E-state index contributed by atoms with van der Waals surface area (Å²) in [6, 6.07) is 42.5. The number of hydrogen-bond donors (Lipinski definition) is 0. The molecule has 2 heteroatoms. The van der Waals surface area contributed by atoms with Crippen LogP contribution in [-0.4, -0.2) is 13.2 Å². The molecule has 6 aromatic rings. The molecule has 176 valence electrons. The number of fused-ring (bicyclic) bond motifs is 3. The van der Waals surface area contributed by atoms with E-state index in [4.69, 9.17) is 9.47 Å². The van der Waals surface area contributed by atoms with Gasteiger partial charge in [0.05, 0.1) is 13.2 Å². The summed E-state index contributed by atoms with van der Waals surface area (Å²) in [7, 11) is 0. The van der Waals surface area contributed by atoms with Gasteiger partial charge >= 0.3 is 0 Å². The Bertz CT molecular complexity index is 1530. The van der Waals surface area contributed by atoms with Crippen molar-refractivity contribution in [2.24, 2.45) is 0 Å². The Morgan fingerprint density at radius 1 is 0.389 bits per heavy atom. The fourth-order valence-electron chi connectivity index (χ4n) is 4.95. The third-order valence-corrected chi connectivity index (χ3v) is 6.82. The van der Waals surface area contributed by atoms with Gasteiger partial charge in [0, 0.05) is 12.8 Å². The first-order chi connectivity index (χ1) is 17.8. The topological polar surface area (TPSA) is 18.5 Å². The molecular weight excluding hydrogens is 440 g/mol. The molecule has 0 aromatic heterocycles. The highest BCUT2D eigenvalue weighted by molar-refractivity contribution is 5.89. The van der Waals surface area contributed by atoms with E-state index in [-0.39, 0.29) is 0 Å². The molecule has 0 saturated carbocycles. The van der Waals surface area contributed by atoms with Gasteiger partial charge in [0.1, 0.15) is 11.5 Å². The summed E-state index contributed by atoms with van der Waals surface area (Å²) in [5.41, 5.74) is 2.62. The van der Waals surface area contributed by atoms with Gasteiger partial charge in [-0.15, -0.1) is 0 Å². The van der Waals surface area contributed by atoms with Crippen LogP contribution in [0.25, 0.3) is 32.3 Å². The van der Waals surface area contributed by atoms with Crippen LogP contribution in [0.5, 0.6) is 11.5 Å². The van der Waals surface area contributed by atoms with Crippen molar-refractivity contribution in [3.63, 3.8) is 0 Å².